The zero-order valence-electron chi connectivity index (χ0n) is 12.0. The van der Waals surface area contributed by atoms with E-state index in [-0.39, 0.29) is 6.04 Å². The predicted molar refractivity (Wildman–Crippen MR) is 79.5 cm³/mol. The second-order valence-electron chi connectivity index (χ2n) is 5.31. The van der Waals surface area contributed by atoms with Crippen LogP contribution in [0.15, 0.2) is 24.5 Å². The van der Waals surface area contributed by atoms with Gasteiger partial charge in [0.1, 0.15) is 0 Å². The minimum atomic E-state index is -3.36. The molecule has 112 valence electrons. The summed E-state index contributed by atoms with van der Waals surface area (Å²) in [4.78, 5) is 3.94. The largest absolute Gasteiger partial charge is 0.279 e. The molecule has 1 saturated carbocycles. The van der Waals surface area contributed by atoms with Gasteiger partial charge < -0.3 is 0 Å². The van der Waals surface area contributed by atoms with Gasteiger partial charge in [0.15, 0.2) is 0 Å². The lowest BCUT2D eigenvalue weighted by Gasteiger charge is -2.30. The molecule has 0 amide bonds. The number of nitrogens with zero attached hydrogens (tertiary/aromatic N) is 2. The average molecular weight is 297 g/mol. The fourth-order valence-electron chi connectivity index (χ4n) is 2.62. The molecule has 0 spiro atoms. The average Bonchev–Trinajstić information content (AvgIpc) is 2.48. The van der Waals surface area contributed by atoms with Crippen molar-refractivity contribution in [2.24, 2.45) is 0 Å². The highest BCUT2D eigenvalue weighted by Gasteiger charge is 2.26. The van der Waals surface area contributed by atoms with Gasteiger partial charge in [-0.2, -0.15) is 12.7 Å². The van der Waals surface area contributed by atoms with E-state index < -0.39 is 10.2 Å². The van der Waals surface area contributed by atoms with Crippen molar-refractivity contribution >= 4 is 10.2 Å². The monoisotopic (exact) mass is 297 g/mol. The fourth-order valence-corrected chi connectivity index (χ4v) is 3.78. The molecular formula is C14H23N3O2S. The van der Waals surface area contributed by atoms with Crippen LogP contribution in [-0.4, -0.2) is 37.3 Å². The zero-order valence-corrected chi connectivity index (χ0v) is 12.8. The summed E-state index contributed by atoms with van der Waals surface area (Å²) in [6.45, 7) is 0.420. The second-order valence-corrected chi connectivity index (χ2v) is 7.13. The van der Waals surface area contributed by atoms with Gasteiger partial charge in [-0.1, -0.05) is 19.3 Å². The molecule has 0 atom stereocenters. The smallest absolute Gasteiger partial charge is 0.265 e. The molecule has 0 aromatic carbocycles. The molecule has 20 heavy (non-hydrogen) atoms. The molecule has 0 unspecified atom stereocenters. The molecule has 6 heteroatoms. The van der Waals surface area contributed by atoms with Crippen LogP contribution in [0.25, 0.3) is 0 Å². The summed E-state index contributed by atoms with van der Waals surface area (Å²) in [5.41, 5.74) is 1.09. The molecular weight excluding hydrogens is 274 g/mol. The molecule has 1 aliphatic carbocycles. The van der Waals surface area contributed by atoms with Gasteiger partial charge in [-0.15, -0.1) is 0 Å². The van der Waals surface area contributed by atoms with Crippen LogP contribution in [0.3, 0.4) is 0 Å². The van der Waals surface area contributed by atoms with Crippen molar-refractivity contribution in [3.05, 3.63) is 30.1 Å². The first kappa shape index (κ1) is 15.4. The summed E-state index contributed by atoms with van der Waals surface area (Å²) in [5, 5.41) is 0. The summed E-state index contributed by atoms with van der Waals surface area (Å²) in [5.74, 6) is 0. The molecule has 0 aliphatic heterocycles. The number of hydrogen-bond acceptors (Lipinski definition) is 3. The van der Waals surface area contributed by atoms with Gasteiger partial charge in [0.05, 0.1) is 0 Å². The molecule has 1 N–H and O–H groups in total. The quantitative estimate of drug-likeness (QED) is 0.869. The molecule has 1 heterocycles. The van der Waals surface area contributed by atoms with Crippen molar-refractivity contribution in [1.82, 2.24) is 14.0 Å². The Morgan fingerprint density at radius 1 is 1.25 bits per heavy atom. The Labute approximate surface area is 121 Å². The standard InChI is InChI=1S/C14H23N3O2S/c1-17(14-5-3-2-4-6-14)20(18,19)16-12-9-13-7-10-15-11-8-13/h7-8,10-11,14,16H,2-6,9,12H2,1H3. The van der Waals surface area contributed by atoms with Crippen molar-refractivity contribution in [3.8, 4) is 0 Å². The molecule has 1 fully saturated rings. The lowest BCUT2D eigenvalue weighted by molar-refractivity contribution is 0.283. The van der Waals surface area contributed by atoms with Crippen LogP contribution in [0.4, 0.5) is 0 Å². The van der Waals surface area contributed by atoms with Gasteiger partial charge >= 0.3 is 0 Å². The van der Waals surface area contributed by atoms with Crippen LogP contribution < -0.4 is 4.72 Å². The third-order valence-electron chi connectivity index (χ3n) is 3.92. The summed E-state index contributed by atoms with van der Waals surface area (Å²) >= 11 is 0. The Hall–Kier alpha value is -0.980. The summed E-state index contributed by atoms with van der Waals surface area (Å²) in [6.07, 6.45) is 9.54. The highest BCUT2D eigenvalue weighted by atomic mass is 32.2. The molecule has 1 aromatic heterocycles. The topological polar surface area (TPSA) is 62.3 Å². The first-order valence-electron chi connectivity index (χ1n) is 7.21. The van der Waals surface area contributed by atoms with E-state index in [1.165, 1.54) is 10.7 Å². The van der Waals surface area contributed by atoms with Crippen LogP contribution in [0.5, 0.6) is 0 Å². The van der Waals surface area contributed by atoms with E-state index in [0.717, 1.165) is 31.2 Å². The maximum absolute atomic E-state index is 12.2. The molecule has 0 bridgehead atoms. The van der Waals surface area contributed by atoms with E-state index in [0.29, 0.717) is 13.0 Å². The SMILES string of the molecule is CN(C1CCCCC1)S(=O)(=O)NCCc1ccncc1. The molecule has 0 saturated heterocycles. The Morgan fingerprint density at radius 2 is 1.90 bits per heavy atom. The van der Waals surface area contributed by atoms with Crippen LogP contribution in [0.1, 0.15) is 37.7 Å². The van der Waals surface area contributed by atoms with Crippen molar-refractivity contribution in [2.75, 3.05) is 13.6 Å². The van der Waals surface area contributed by atoms with Crippen LogP contribution in [-0.2, 0) is 16.6 Å². The first-order chi connectivity index (χ1) is 9.59. The highest BCUT2D eigenvalue weighted by molar-refractivity contribution is 7.87. The van der Waals surface area contributed by atoms with E-state index in [1.807, 2.05) is 12.1 Å². The van der Waals surface area contributed by atoms with Crippen molar-refractivity contribution < 1.29 is 8.42 Å². The maximum Gasteiger partial charge on any atom is 0.279 e. The summed E-state index contributed by atoms with van der Waals surface area (Å²) in [6, 6.07) is 3.96. The Bertz CT molecular complexity index is 498. The van der Waals surface area contributed by atoms with Gasteiger partial charge in [-0.05, 0) is 37.0 Å². The van der Waals surface area contributed by atoms with E-state index in [1.54, 1.807) is 19.4 Å². The third kappa shape index (κ3) is 4.26. The van der Waals surface area contributed by atoms with Crippen molar-refractivity contribution in [3.63, 3.8) is 0 Å². The van der Waals surface area contributed by atoms with Crippen LogP contribution in [0.2, 0.25) is 0 Å². The van der Waals surface area contributed by atoms with Gasteiger partial charge in [0, 0.05) is 32.0 Å². The predicted octanol–water partition coefficient (Wildman–Crippen LogP) is 1.72. The van der Waals surface area contributed by atoms with Crippen LogP contribution >= 0.6 is 0 Å². The zero-order chi connectivity index (χ0) is 14.4. The molecule has 5 nitrogen and oxygen atoms in total. The number of pyridine rings is 1. The normalized spacial score (nSPS) is 17.5. The number of aromatic nitrogens is 1. The van der Waals surface area contributed by atoms with E-state index in [4.69, 9.17) is 0 Å². The van der Waals surface area contributed by atoms with Gasteiger partial charge in [-0.3, -0.25) is 4.98 Å². The lowest BCUT2D eigenvalue weighted by atomic mass is 9.96. The van der Waals surface area contributed by atoms with Gasteiger partial charge in [-0.25, -0.2) is 4.72 Å². The van der Waals surface area contributed by atoms with Gasteiger partial charge in [0.2, 0.25) is 0 Å². The minimum absolute atomic E-state index is 0.155. The Morgan fingerprint density at radius 3 is 2.55 bits per heavy atom. The van der Waals surface area contributed by atoms with Crippen molar-refractivity contribution in [1.29, 1.82) is 0 Å². The number of nitrogens with one attached hydrogen (secondary N) is 1. The Kier molecular flexibility index (Phi) is 5.51. The first-order valence-corrected chi connectivity index (χ1v) is 8.65. The Balaban J connectivity index is 1.83. The summed E-state index contributed by atoms with van der Waals surface area (Å²) < 4.78 is 28.6. The molecule has 2 rings (SSSR count). The number of rotatable bonds is 6. The van der Waals surface area contributed by atoms with Crippen LogP contribution in [0, 0.1) is 0 Å². The molecule has 0 radical (unpaired) electrons. The molecule has 1 aromatic rings. The van der Waals surface area contributed by atoms with Gasteiger partial charge in [0.25, 0.3) is 10.2 Å². The third-order valence-corrected chi connectivity index (χ3v) is 5.54. The number of hydrogen-bond donors (Lipinski definition) is 1. The van der Waals surface area contributed by atoms with E-state index in [9.17, 15) is 8.42 Å². The summed E-state index contributed by atoms with van der Waals surface area (Å²) in [7, 11) is -1.68. The fraction of sp³-hybridized carbons (Fsp3) is 0.643. The van der Waals surface area contributed by atoms with E-state index >= 15 is 0 Å². The van der Waals surface area contributed by atoms with Crippen molar-refractivity contribution in [2.45, 2.75) is 44.6 Å². The lowest BCUT2D eigenvalue weighted by Crippen LogP contribution is -2.45. The minimum Gasteiger partial charge on any atom is -0.265 e. The second kappa shape index (κ2) is 7.15. The molecule has 1 aliphatic rings. The van der Waals surface area contributed by atoms with E-state index in [2.05, 4.69) is 9.71 Å². The maximum atomic E-state index is 12.2. The highest BCUT2D eigenvalue weighted by Crippen LogP contribution is 2.22.